The van der Waals surface area contributed by atoms with Crippen LogP contribution in [0.5, 0.6) is 0 Å². The summed E-state index contributed by atoms with van der Waals surface area (Å²) < 4.78 is 31.4. The molecular formula is C44H54N2O9. The van der Waals surface area contributed by atoms with Gasteiger partial charge in [0.1, 0.15) is 23.4 Å². The first kappa shape index (κ1) is 41.5. The number of piperazine rings is 1. The van der Waals surface area contributed by atoms with Gasteiger partial charge in [0.25, 0.3) is 5.91 Å². The number of carbonyl (C=O) groups is 2. The van der Waals surface area contributed by atoms with E-state index in [0.29, 0.717) is 0 Å². The first-order valence-electron chi connectivity index (χ1n) is 18.7. The summed E-state index contributed by atoms with van der Waals surface area (Å²) in [7, 11) is 0. The lowest BCUT2D eigenvalue weighted by Gasteiger charge is -2.43. The Morgan fingerprint density at radius 2 is 1.04 bits per heavy atom. The van der Waals surface area contributed by atoms with Crippen molar-refractivity contribution in [3.63, 3.8) is 0 Å². The summed E-state index contributed by atoms with van der Waals surface area (Å²) >= 11 is 0. The molecule has 0 unspecified atom stereocenters. The Labute approximate surface area is 324 Å². The largest absolute Gasteiger partial charge is 0.444 e. The molecule has 0 saturated carbocycles. The highest BCUT2D eigenvalue weighted by Crippen LogP contribution is 2.29. The molecule has 1 aliphatic heterocycles. The molecule has 4 atom stereocenters. The van der Waals surface area contributed by atoms with Gasteiger partial charge < -0.3 is 43.7 Å². The molecule has 55 heavy (non-hydrogen) atoms. The number of rotatable bonds is 18. The lowest BCUT2D eigenvalue weighted by Crippen LogP contribution is -2.63. The quantitative estimate of drug-likeness (QED) is 0.130. The summed E-state index contributed by atoms with van der Waals surface area (Å²) in [6.07, 6.45) is -4.34. The van der Waals surface area contributed by atoms with E-state index in [1.54, 1.807) is 9.80 Å². The van der Waals surface area contributed by atoms with Crippen LogP contribution in [0.3, 0.4) is 0 Å². The summed E-state index contributed by atoms with van der Waals surface area (Å²) in [5.74, 6) is -0.406. The normalized spacial score (nSPS) is 16.2. The number of hydrogen-bond acceptors (Lipinski definition) is 9. The SMILES string of the molecule is CC(C)(C)OC(=O)N1CCN(C(=O)[C@H](OCc2ccccc2)[C@@H](OCc2ccccc2)[C@H](OCc2ccccc2)[C@](O)(CO)COCc2ccccc2)CC1. The van der Waals surface area contributed by atoms with Crippen molar-refractivity contribution in [3.8, 4) is 0 Å². The van der Waals surface area contributed by atoms with Gasteiger partial charge in [-0.25, -0.2) is 4.79 Å². The van der Waals surface area contributed by atoms with Gasteiger partial charge in [0.05, 0.1) is 39.6 Å². The van der Waals surface area contributed by atoms with Crippen molar-refractivity contribution in [2.45, 2.75) is 76.7 Å². The second-order valence-electron chi connectivity index (χ2n) is 14.7. The number of aliphatic hydroxyl groups is 2. The lowest BCUT2D eigenvalue weighted by molar-refractivity contribution is -0.233. The number of nitrogens with zero attached hydrogens (tertiary/aromatic N) is 2. The molecule has 0 spiro atoms. The van der Waals surface area contributed by atoms with E-state index in [0.717, 1.165) is 22.3 Å². The van der Waals surface area contributed by atoms with Crippen LogP contribution in [-0.2, 0) is 54.9 Å². The van der Waals surface area contributed by atoms with Gasteiger partial charge in [0.2, 0.25) is 0 Å². The molecule has 0 aromatic heterocycles. The van der Waals surface area contributed by atoms with Crippen LogP contribution in [0.25, 0.3) is 0 Å². The van der Waals surface area contributed by atoms with Gasteiger partial charge in [0.15, 0.2) is 6.10 Å². The van der Waals surface area contributed by atoms with Gasteiger partial charge in [-0.15, -0.1) is 0 Å². The van der Waals surface area contributed by atoms with Gasteiger partial charge in [-0.05, 0) is 43.0 Å². The van der Waals surface area contributed by atoms with Gasteiger partial charge >= 0.3 is 6.09 Å². The average molecular weight is 755 g/mol. The molecule has 0 bridgehead atoms. The first-order chi connectivity index (χ1) is 26.5. The van der Waals surface area contributed by atoms with Crippen LogP contribution in [0.1, 0.15) is 43.0 Å². The van der Waals surface area contributed by atoms with E-state index < -0.39 is 48.1 Å². The molecule has 1 saturated heterocycles. The van der Waals surface area contributed by atoms with Crippen molar-refractivity contribution < 1.29 is 43.5 Å². The average Bonchev–Trinajstić information content (AvgIpc) is 3.20. The number of benzene rings is 4. The Balaban J connectivity index is 1.50. The van der Waals surface area contributed by atoms with Crippen LogP contribution in [0.2, 0.25) is 0 Å². The number of carbonyl (C=O) groups excluding carboxylic acids is 2. The minimum atomic E-state index is -2.05. The molecule has 294 valence electrons. The van der Waals surface area contributed by atoms with Crippen molar-refractivity contribution in [1.29, 1.82) is 0 Å². The van der Waals surface area contributed by atoms with E-state index >= 15 is 0 Å². The molecule has 1 fully saturated rings. The third-order valence-electron chi connectivity index (χ3n) is 9.18. The van der Waals surface area contributed by atoms with Crippen molar-refractivity contribution in [3.05, 3.63) is 144 Å². The van der Waals surface area contributed by atoms with E-state index in [-0.39, 0.29) is 59.2 Å². The molecule has 11 heteroatoms. The second-order valence-corrected chi connectivity index (χ2v) is 14.7. The molecule has 4 aromatic carbocycles. The van der Waals surface area contributed by atoms with Crippen LogP contribution in [0.4, 0.5) is 4.79 Å². The Morgan fingerprint density at radius 1 is 0.618 bits per heavy atom. The van der Waals surface area contributed by atoms with Crippen molar-refractivity contribution in [2.24, 2.45) is 0 Å². The van der Waals surface area contributed by atoms with Gasteiger partial charge in [-0.1, -0.05) is 121 Å². The van der Waals surface area contributed by atoms with E-state index in [4.69, 9.17) is 23.7 Å². The Morgan fingerprint density at radius 3 is 1.49 bits per heavy atom. The first-order valence-corrected chi connectivity index (χ1v) is 18.7. The Bertz CT molecular complexity index is 1720. The minimum absolute atomic E-state index is 0.0336. The standard InChI is InChI=1S/C44H54N2O9/c1-43(2,3)55-42(49)46-26-24-45(25-27-46)41(48)39(53-30-36-20-12-6-13-21-36)38(52-29-35-18-10-5-11-19-35)40(54-31-37-22-14-7-15-23-37)44(50,32-47)33-51-28-34-16-8-4-9-17-34/h4-23,38-40,47,50H,24-33H2,1-3H3/t38-,39-,40+,44+/m1/s1. The maximum Gasteiger partial charge on any atom is 0.410 e. The lowest BCUT2D eigenvalue weighted by atomic mass is 9.90. The molecule has 1 aliphatic rings. The minimum Gasteiger partial charge on any atom is -0.444 e. The van der Waals surface area contributed by atoms with E-state index in [2.05, 4.69) is 0 Å². The monoisotopic (exact) mass is 754 g/mol. The van der Waals surface area contributed by atoms with Crippen molar-refractivity contribution in [1.82, 2.24) is 9.80 Å². The van der Waals surface area contributed by atoms with Crippen molar-refractivity contribution in [2.75, 3.05) is 39.4 Å². The van der Waals surface area contributed by atoms with Gasteiger partial charge in [-0.2, -0.15) is 0 Å². The zero-order chi connectivity index (χ0) is 39.1. The van der Waals surface area contributed by atoms with Crippen LogP contribution < -0.4 is 0 Å². The fourth-order valence-corrected chi connectivity index (χ4v) is 6.24. The highest BCUT2D eigenvalue weighted by molar-refractivity contribution is 5.82. The highest BCUT2D eigenvalue weighted by Gasteiger charge is 2.50. The van der Waals surface area contributed by atoms with E-state index in [9.17, 15) is 19.8 Å². The number of aliphatic hydroxyl groups excluding tert-OH is 1. The zero-order valence-corrected chi connectivity index (χ0v) is 32.0. The summed E-state index contributed by atoms with van der Waals surface area (Å²) in [6.45, 7) is 5.57. The van der Waals surface area contributed by atoms with E-state index in [1.807, 2.05) is 142 Å². The summed E-state index contributed by atoms with van der Waals surface area (Å²) in [5, 5.41) is 23.4. The topological polar surface area (TPSA) is 127 Å². The van der Waals surface area contributed by atoms with Gasteiger partial charge in [-0.3, -0.25) is 4.79 Å². The zero-order valence-electron chi connectivity index (χ0n) is 32.0. The van der Waals surface area contributed by atoms with Gasteiger partial charge in [0, 0.05) is 26.2 Å². The predicted octanol–water partition coefficient (Wildman–Crippen LogP) is 5.76. The third kappa shape index (κ3) is 12.7. The van der Waals surface area contributed by atoms with Crippen LogP contribution >= 0.6 is 0 Å². The van der Waals surface area contributed by atoms with Crippen LogP contribution in [0, 0.1) is 0 Å². The fourth-order valence-electron chi connectivity index (χ4n) is 6.24. The molecule has 0 aliphatic carbocycles. The molecule has 11 nitrogen and oxygen atoms in total. The Hall–Kier alpha value is -4.62. The fraction of sp³-hybridized carbons (Fsp3) is 0.409. The number of hydrogen-bond donors (Lipinski definition) is 2. The van der Waals surface area contributed by atoms with Crippen molar-refractivity contribution >= 4 is 12.0 Å². The molecule has 2 amide bonds. The maximum absolute atomic E-state index is 14.8. The number of amides is 2. The van der Waals surface area contributed by atoms with E-state index in [1.165, 1.54) is 0 Å². The maximum atomic E-state index is 14.8. The molecule has 2 N–H and O–H groups in total. The second kappa shape index (κ2) is 20.3. The Kier molecular flexibility index (Phi) is 15.4. The molecule has 5 rings (SSSR count). The van der Waals surface area contributed by atoms with Crippen LogP contribution in [0.15, 0.2) is 121 Å². The molecular weight excluding hydrogens is 700 g/mol. The molecule has 0 radical (unpaired) electrons. The summed E-state index contributed by atoms with van der Waals surface area (Å²) in [6, 6.07) is 37.8. The third-order valence-corrected chi connectivity index (χ3v) is 9.18. The predicted molar refractivity (Wildman–Crippen MR) is 208 cm³/mol. The summed E-state index contributed by atoms with van der Waals surface area (Å²) in [5.41, 5.74) is 0.629. The number of ether oxygens (including phenoxy) is 5. The highest BCUT2D eigenvalue weighted by atomic mass is 16.6. The molecule has 4 aromatic rings. The molecule has 1 heterocycles. The van der Waals surface area contributed by atoms with Crippen LogP contribution in [-0.4, -0.2) is 101 Å². The summed E-state index contributed by atoms with van der Waals surface area (Å²) in [4.78, 5) is 30.9. The smallest absolute Gasteiger partial charge is 0.410 e.